The summed E-state index contributed by atoms with van der Waals surface area (Å²) in [6.45, 7) is 0. The summed E-state index contributed by atoms with van der Waals surface area (Å²) in [5.74, 6) is -0.490. The summed E-state index contributed by atoms with van der Waals surface area (Å²) >= 11 is 0. The molecule has 18 heavy (non-hydrogen) atoms. The molecule has 8 heteroatoms. The van der Waals surface area contributed by atoms with Gasteiger partial charge in [-0.15, -0.1) is 0 Å². The van der Waals surface area contributed by atoms with E-state index in [0.717, 1.165) is 12.8 Å². The molecule has 1 aliphatic rings. The monoisotopic (exact) mass is 302 g/mol. The van der Waals surface area contributed by atoms with E-state index in [4.69, 9.17) is 0 Å². The van der Waals surface area contributed by atoms with Gasteiger partial charge in [0.25, 0.3) is 0 Å². The maximum Gasteiger partial charge on any atom is 0.364 e. The molecule has 0 saturated carbocycles. The molecule has 0 unspecified atom stereocenters. The Balaban J connectivity index is 0. The van der Waals surface area contributed by atoms with Gasteiger partial charge in [0.05, 0.1) is 26.7 Å². The summed E-state index contributed by atoms with van der Waals surface area (Å²) in [5.41, 5.74) is 3.75. The van der Waals surface area contributed by atoms with Crippen LogP contribution in [0.4, 0.5) is 0 Å². The van der Waals surface area contributed by atoms with Crippen molar-refractivity contribution in [2.24, 2.45) is 0 Å². The first-order chi connectivity index (χ1) is 7.58. The van der Waals surface area contributed by atoms with Gasteiger partial charge < -0.3 is 45.3 Å². The molecule has 1 heterocycles. The van der Waals surface area contributed by atoms with E-state index in [0.29, 0.717) is 6.42 Å². The van der Waals surface area contributed by atoms with E-state index < -0.39 is 0 Å². The lowest BCUT2D eigenvalue weighted by atomic mass is 10.1. The topological polar surface area (TPSA) is 96.8 Å². The number of methoxy groups -OCH3 is 2. The summed E-state index contributed by atoms with van der Waals surface area (Å²) in [6.07, 6.45) is 2.34. The Bertz CT molecular complexity index is 279. The number of hydrogen-bond acceptors (Lipinski definition) is 4. The van der Waals surface area contributed by atoms with Crippen LogP contribution in [0.25, 0.3) is 0 Å². The van der Waals surface area contributed by atoms with Gasteiger partial charge in [0.2, 0.25) is 0 Å². The lowest BCUT2D eigenvalue weighted by molar-refractivity contribution is -0.694. The third-order valence-corrected chi connectivity index (χ3v) is 2.98. The number of quaternary nitrogens is 2. The number of halogens is 2. The van der Waals surface area contributed by atoms with Crippen molar-refractivity contribution in [2.45, 2.75) is 37.4 Å². The normalized spacial score (nSPS) is 23.3. The predicted octanol–water partition coefficient (Wildman–Crippen LogP) is -8.56. The number of carbonyl (C=O) groups excluding carboxylic acids is 2. The molecule has 0 bridgehead atoms. The first-order valence-corrected chi connectivity index (χ1v) is 5.42. The van der Waals surface area contributed by atoms with Crippen LogP contribution in [-0.2, 0) is 19.1 Å². The second-order valence-corrected chi connectivity index (χ2v) is 4.12. The first-order valence-electron chi connectivity index (χ1n) is 5.42. The number of nitrogens with two attached hydrogens (primary N) is 1. The Hall–Kier alpha value is -0.560. The number of carbonyl (C=O) groups is 2. The smallest absolute Gasteiger partial charge is 0.364 e. The fourth-order valence-electron chi connectivity index (χ4n) is 2.09. The number of esters is 2. The summed E-state index contributed by atoms with van der Waals surface area (Å²) in [4.78, 5) is 22.5. The summed E-state index contributed by atoms with van der Waals surface area (Å²) < 4.78 is 9.29. The Labute approximate surface area is 119 Å². The van der Waals surface area contributed by atoms with Gasteiger partial charge >= 0.3 is 11.9 Å². The molecule has 0 aromatic rings. The Morgan fingerprint density at radius 1 is 1.28 bits per heavy atom. The SMILES string of the molecule is COC(=O)[C@@H]1CC[C@H](C[C@H]([NH3+])C(=O)OC)[NH2+]1.[Cl-].[Cl-]. The van der Waals surface area contributed by atoms with Crippen molar-refractivity contribution in [2.75, 3.05) is 14.2 Å². The minimum atomic E-state index is -0.359. The average Bonchev–Trinajstić information content (AvgIpc) is 2.75. The second-order valence-electron chi connectivity index (χ2n) is 4.12. The zero-order valence-corrected chi connectivity index (χ0v) is 12.0. The zero-order valence-electron chi connectivity index (χ0n) is 10.5. The number of hydrogen-bond donors (Lipinski definition) is 2. The van der Waals surface area contributed by atoms with E-state index in [1.54, 1.807) is 0 Å². The van der Waals surface area contributed by atoms with Gasteiger partial charge in [-0.05, 0) is 0 Å². The molecule has 1 fully saturated rings. The molecule has 3 atom stereocenters. The number of rotatable bonds is 4. The molecule has 1 rings (SSSR count). The van der Waals surface area contributed by atoms with Crippen molar-refractivity contribution in [1.29, 1.82) is 0 Å². The minimum absolute atomic E-state index is 0. The van der Waals surface area contributed by atoms with E-state index in [2.05, 4.69) is 15.2 Å². The lowest BCUT2D eigenvalue weighted by Crippen LogP contribution is -3.00. The van der Waals surface area contributed by atoms with Crippen LogP contribution in [-0.4, -0.2) is 44.3 Å². The van der Waals surface area contributed by atoms with Crippen molar-refractivity contribution >= 4 is 11.9 Å². The minimum Gasteiger partial charge on any atom is -1.00 e. The largest absolute Gasteiger partial charge is 1.00 e. The fourth-order valence-corrected chi connectivity index (χ4v) is 2.09. The van der Waals surface area contributed by atoms with Crippen LogP contribution in [0, 0.1) is 0 Å². The summed E-state index contributed by atoms with van der Waals surface area (Å²) in [7, 11) is 2.75. The fraction of sp³-hybridized carbons (Fsp3) is 0.800. The van der Waals surface area contributed by atoms with Crippen molar-refractivity contribution in [3.8, 4) is 0 Å². The van der Waals surface area contributed by atoms with Crippen molar-refractivity contribution in [3.05, 3.63) is 0 Å². The van der Waals surface area contributed by atoms with Crippen LogP contribution in [0.15, 0.2) is 0 Å². The van der Waals surface area contributed by atoms with Gasteiger partial charge in [0.15, 0.2) is 12.1 Å². The van der Waals surface area contributed by atoms with Crippen molar-refractivity contribution < 1.29 is 54.9 Å². The van der Waals surface area contributed by atoms with Gasteiger partial charge in [-0.3, -0.25) is 0 Å². The highest BCUT2D eigenvalue weighted by molar-refractivity contribution is 5.74. The molecule has 6 nitrogen and oxygen atoms in total. The molecule has 0 amide bonds. The van der Waals surface area contributed by atoms with Gasteiger partial charge in [0, 0.05) is 12.8 Å². The Morgan fingerprint density at radius 2 is 1.89 bits per heavy atom. The Morgan fingerprint density at radius 3 is 2.39 bits per heavy atom. The van der Waals surface area contributed by atoms with E-state index in [9.17, 15) is 9.59 Å². The molecule has 108 valence electrons. The molecule has 0 aromatic carbocycles. The third-order valence-electron chi connectivity index (χ3n) is 2.98. The Kier molecular flexibility index (Phi) is 10.3. The molecular formula is C10H20Cl2N2O4. The molecular weight excluding hydrogens is 283 g/mol. The maximum absolute atomic E-state index is 11.3. The van der Waals surface area contributed by atoms with Gasteiger partial charge in [-0.25, -0.2) is 9.59 Å². The predicted molar refractivity (Wildman–Crippen MR) is 54.1 cm³/mol. The van der Waals surface area contributed by atoms with Gasteiger partial charge in [-0.2, -0.15) is 0 Å². The number of ether oxygens (including phenoxy) is 2. The molecule has 1 aliphatic heterocycles. The second kappa shape index (κ2) is 9.38. The molecule has 5 N–H and O–H groups in total. The van der Waals surface area contributed by atoms with Crippen molar-refractivity contribution in [3.63, 3.8) is 0 Å². The quantitative estimate of drug-likeness (QED) is 0.504. The summed E-state index contributed by atoms with van der Waals surface area (Å²) in [6, 6.07) is -0.229. The lowest BCUT2D eigenvalue weighted by Gasteiger charge is -2.11. The highest BCUT2D eigenvalue weighted by atomic mass is 35.5. The first kappa shape index (κ1) is 19.8. The van der Waals surface area contributed by atoms with Crippen LogP contribution < -0.4 is 35.9 Å². The standard InChI is InChI=1S/C10H18N2O4.2ClH/c1-15-9(13)7(11)5-6-3-4-8(12-6)10(14)16-2;;/h6-8,12H,3-5,11H2,1-2H3;2*1H/t6-,7+,8+;;/m1../s1. The molecule has 1 saturated heterocycles. The summed E-state index contributed by atoms with van der Waals surface area (Å²) in [5, 5.41) is 1.97. The zero-order chi connectivity index (χ0) is 12.1. The molecule has 0 radical (unpaired) electrons. The van der Waals surface area contributed by atoms with Gasteiger partial charge in [-0.1, -0.05) is 0 Å². The third kappa shape index (κ3) is 5.39. The van der Waals surface area contributed by atoms with E-state index >= 15 is 0 Å². The molecule has 0 aliphatic carbocycles. The average molecular weight is 303 g/mol. The van der Waals surface area contributed by atoms with E-state index in [1.165, 1.54) is 14.2 Å². The van der Waals surface area contributed by atoms with Crippen LogP contribution in [0.1, 0.15) is 19.3 Å². The van der Waals surface area contributed by atoms with Crippen molar-refractivity contribution in [1.82, 2.24) is 0 Å². The van der Waals surface area contributed by atoms with Gasteiger partial charge in [0.1, 0.15) is 0 Å². The molecule has 0 aromatic heterocycles. The highest BCUT2D eigenvalue weighted by Gasteiger charge is 2.37. The van der Waals surface area contributed by atoms with Crippen LogP contribution in [0.3, 0.4) is 0 Å². The van der Waals surface area contributed by atoms with E-state index in [1.807, 2.05) is 5.32 Å². The van der Waals surface area contributed by atoms with Crippen LogP contribution in [0.2, 0.25) is 0 Å². The highest BCUT2D eigenvalue weighted by Crippen LogP contribution is 2.09. The van der Waals surface area contributed by atoms with E-state index in [-0.39, 0.29) is 54.9 Å². The molecule has 0 spiro atoms. The maximum atomic E-state index is 11.3. The van der Waals surface area contributed by atoms with Crippen LogP contribution >= 0.6 is 0 Å². The van der Waals surface area contributed by atoms with Crippen LogP contribution in [0.5, 0.6) is 0 Å².